The molecule has 100 valence electrons. The maximum atomic E-state index is 10.5. The molecule has 0 saturated carbocycles. The second kappa shape index (κ2) is 4.75. The largest absolute Gasteiger partial charge is 0.385 e. The highest BCUT2D eigenvalue weighted by atomic mass is 16.5. The smallest absolute Gasteiger partial charge is 0.110 e. The molecular weight excluding hydrogens is 242 g/mol. The summed E-state index contributed by atoms with van der Waals surface area (Å²) in [5.74, 6) is 0. The lowest BCUT2D eigenvalue weighted by atomic mass is 9.96. The Morgan fingerprint density at radius 3 is 3.11 bits per heavy atom. The minimum Gasteiger partial charge on any atom is -0.385 e. The van der Waals surface area contributed by atoms with Crippen molar-refractivity contribution < 1.29 is 9.84 Å². The summed E-state index contributed by atoms with van der Waals surface area (Å²) >= 11 is 0. The topological polar surface area (TPSA) is 67.3 Å². The van der Waals surface area contributed by atoms with E-state index >= 15 is 0 Å². The monoisotopic (exact) mass is 259 g/mol. The zero-order valence-electron chi connectivity index (χ0n) is 10.8. The van der Waals surface area contributed by atoms with E-state index in [9.17, 15) is 5.11 Å². The Balaban J connectivity index is 1.82. The van der Waals surface area contributed by atoms with Gasteiger partial charge in [0.25, 0.3) is 0 Å². The molecule has 5 heteroatoms. The van der Waals surface area contributed by atoms with Crippen LogP contribution in [0.1, 0.15) is 13.3 Å². The van der Waals surface area contributed by atoms with E-state index in [2.05, 4.69) is 15.5 Å². The Kier molecular flexibility index (Phi) is 3.08. The third kappa shape index (κ3) is 2.27. The van der Waals surface area contributed by atoms with Gasteiger partial charge in [-0.2, -0.15) is 10.2 Å². The van der Waals surface area contributed by atoms with Gasteiger partial charge < -0.3 is 15.2 Å². The molecule has 2 aromatic rings. The van der Waals surface area contributed by atoms with E-state index < -0.39 is 5.60 Å². The maximum Gasteiger partial charge on any atom is 0.110 e. The fourth-order valence-corrected chi connectivity index (χ4v) is 2.40. The molecule has 19 heavy (non-hydrogen) atoms. The molecule has 1 saturated heterocycles. The lowest BCUT2D eigenvalue weighted by Crippen LogP contribution is -2.43. The van der Waals surface area contributed by atoms with Crippen LogP contribution in [0.25, 0.3) is 10.9 Å². The number of nitrogens with one attached hydrogen (secondary N) is 1. The number of aliphatic hydroxyl groups is 1. The van der Waals surface area contributed by atoms with Gasteiger partial charge >= 0.3 is 0 Å². The highest BCUT2D eigenvalue weighted by Gasteiger charge is 2.39. The summed E-state index contributed by atoms with van der Waals surface area (Å²) in [5.41, 5.74) is 0.915. The summed E-state index contributed by atoms with van der Waals surface area (Å²) in [4.78, 5) is 0. The first kappa shape index (κ1) is 12.3. The Morgan fingerprint density at radius 1 is 1.47 bits per heavy atom. The molecule has 1 aromatic carbocycles. The summed E-state index contributed by atoms with van der Waals surface area (Å²) in [6, 6.07) is 7.81. The predicted molar refractivity (Wildman–Crippen MR) is 73.0 cm³/mol. The van der Waals surface area contributed by atoms with Crippen LogP contribution in [0.4, 0.5) is 5.69 Å². The molecule has 0 aliphatic carbocycles. The van der Waals surface area contributed by atoms with Crippen LogP contribution in [0.3, 0.4) is 0 Å². The molecule has 2 N–H and O–H groups in total. The van der Waals surface area contributed by atoms with Gasteiger partial charge in [0.05, 0.1) is 23.5 Å². The zero-order valence-corrected chi connectivity index (χ0v) is 10.8. The lowest BCUT2D eigenvalue weighted by molar-refractivity contribution is -0.0175. The predicted octanol–water partition coefficient (Wildman–Crippen LogP) is 1.58. The van der Waals surface area contributed by atoms with Crippen molar-refractivity contribution in [2.45, 2.75) is 25.0 Å². The highest BCUT2D eigenvalue weighted by molar-refractivity contribution is 5.90. The molecule has 0 spiro atoms. The molecule has 1 aliphatic rings. The SMILES string of the molecule is CC1OCCC1(O)CNc1cnnc2ccccc12. The number of hydrogen-bond donors (Lipinski definition) is 2. The first-order chi connectivity index (χ1) is 9.19. The first-order valence-electron chi connectivity index (χ1n) is 6.47. The summed E-state index contributed by atoms with van der Waals surface area (Å²) in [6.45, 7) is 2.95. The number of rotatable bonds is 3. The molecule has 0 radical (unpaired) electrons. The van der Waals surface area contributed by atoms with E-state index in [4.69, 9.17) is 4.74 Å². The van der Waals surface area contributed by atoms with Gasteiger partial charge in [0.2, 0.25) is 0 Å². The Bertz CT molecular complexity index is 584. The van der Waals surface area contributed by atoms with Crippen LogP contribution in [0.5, 0.6) is 0 Å². The van der Waals surface area contributed by atoms with Gasteiger partial charge in [0, 0.05) is 25.0 Å². The van der Waals surface area contributed by atoms with Crippen molar-refractivity contribution in [2.24, 2.45) is 0 Å². The van der Waals surface area contributed by atoms with E-state index in [1.54, 1.807) is 6.20 Å². The van der Waals surface area contributed by atoms with Crippen LogP contribution in [0.15, 0.2) is 30.5 Å². The standard InChI is InChI=1S/C14H17N3O2/c1-10-14(18,6-7-19-10)9-15-13-8-16-17-12-5-3-2-4-11(12)13/h2-5,8,10,18H,6-7,9H2,1H3,(H,15,17). The summed E-state index contributed by atoms with van der Waals surface area (Å²) in [6.07, 6.45) is 2.19. The average molecular weight is 259 g/mol. The van der Waals surface area contributed by atoms with Crippen LogP contribution in [-0.2, 0) is 4.74 Å². The Morgan fingerprint density at radius 2 is 2.32 bits per heavy atom. The van der Waals surface area contributed by atoms with Gasteiger partial charge in [0.15, 0.2) is 0 Å². The molecule has 0 amide bonds. The fourth-order valence-electron chi connectivity index (χ4n) is 2.40. The quantitative estimate of drug-likeness (QED) is 0.876. The molecule has 1 aromatic heterocycles. The normalized spacial score (nSPS) is 26.7. The van der Waals surface area contributed by atoms with Gasteiger partial charge in [-0.05, 0) is 13.0 Å². The number of nitrogens with zero attached hydrogens (tertiary/aromatic N) is 2. The van der Waals surface area contributed by atoms with Gasteiger partial charge in [-0.15, -0.1) is 0 Å². The molecule has 2 unspecified atom stereocenters. The summed E-state index contributed by atoms with van der Waals surface area (Å²) < 4.78 is 5.43. The van der Waals surface area contributed by atoms with Crippen molar-refractivity contribution >= 4 is 16.6 Å². The number of aromatic nitrogens is 2. The minimum absolute atomic E-state index is 0.152. The molecule has 5 nitrogen and oxygen atoms in total. The molecule has 2 heterocycles. The third-order valence-electron chi connectivity index (χ3n) is 3.79. The van der Waals surface area contributed by atoms with Gasteiger partial charge in [0.1, 0.15) is 5.60 Å². The van der Waals surface area contributed by atoms with Gasteiger partial charge in [-0.25, -0.2) is 0 Å². The number of hydrogen-bond acceptors (Lipinski definition) is 5. The van der Waals surface area contributed by atoms with Crippen LogP contribution in [0.2, 0.25) is 0 Å². The van der Waals surface area contributed by atoms with Crippen molar-refractivity contribution in [3.63, 3.8) is 0 Å². The van der Waals surface area contributed by atoms with Gasteiger partial charge in [-0.1, -0.05) is 18.2 Å². The van der Waals surface area contributed by atoms with Gasteiger partial charge in [-0.3, -0.25) is 0 Å². The molecule has 2 atom stereocenters. The number of fused-ring (bicyclic) bond motifs is 1. The summed E-state index contributed by atoms with van der Waals surface area (Å²) in [5, 5.41) is 22.8. The first-order valence-corrected chi connectivity index (χ1v) is 6.47. The van der Waals surface area contributed by atoms with E-state index in [-0.39, 0.29) is 6.10 Å². The molecule has 0 bridgehead atoms. The van der Waals surface area contributed by atoms with Crippen LogP contribution in [0, 0.1) is 0 Å². The fraction of sp³-hybridized carbons (Fsp3) is 0.429. The van der Waals surface area contributed by atoms with Crippen molar-refractivity contribution in [1.82, 2.24) is 10.2 Å². The van der Waals surface area contributed by atoms with E-state index in [0.29, 0.717) is 19.6 Å². The second-order valence-corrected chi connectivity index (χ2v) is 5.00. The van der Waals surface area contributed by atoms with Crippen molar-refractivity contribution in [1.29, 1.82) is 0 Å². The third-order valence-corrected chi connectivity index (χ3v) is 3.79. The number of ether oxygens (including phenoxy) is 1. The van der Waals surface area contributed by atoms with Crippen LogP contribution >= 0.6 is 0 Å². The average Bonchev–Trinajstić information content (AvgIpc) is 2.77. The second-order valence-electron chi connectivity index (χ2n) is 5.00. The Labute approximate surface area is 111 Å². The van der Waals surface area contributed by atoms with Crippen LogP contribution in [-0.4, -0.2) is 40.2 Å². The Hall–Kier alpha value is -1.72. The molecule has 3 rings (SSSR count). The zero-order chi connectivity index (χ0) is 13.3. The highest BCUT2D eigenvalue weighted by Crippen LogP contribution is 2.27. The maximum absolute atomic E-state index is 10.5. The van der Waals surface area contributed by atoms with Crippen LogP contribution < -0.4 is 5.32 Å². The minimum atomic E-state index is -0.815. The number of benzene rings is 1. The van der Waals surface area contributed by atoms with Crippen molar-refractivity contribution in [3.05, 3.63) is 30.5 Å². The molecule has 1 aliphatic heterocycles. The van der Waals surface area contributed by atoms with Crippen molar-refractivity contribution in [3.8, 4) is 0 Å². The number of anilines is 1. The lowest BCUT2D eigenvalue weighted by Gasteiger charge is -2.26. The molecular formula is C14H17N3O2. The van der Waals surface area contributed by atoms with E-state index in [0.717, 1.165) is 16.6 Å². The van der Waals surface area contributed by atoms with E-state index in [1.165, 1.54) is 0 Å². The summed E-state index contributed by atoms with van der Waals surface area (Å²) in [7, 11) is 0. The van der Waals surface area contributed by atoms with Crippen molar-refractivity contribution in [2.75, 3.05) is 18.5 Å². The molecule has 1 fully saturated rings. The van der Waals surface area contributed by atoms with E-state index in [1.807, 2.05) is 31.2 Å².